The third-order valence-electron chi connectivity index (χ3n) is 21.4. The van der Waals surface area contributed by atoms with Crippen LogP contribution in [0.15, 0.2) is 0 Å². The summed E-state index contributed by atoms with van der Waals surface area (Å²) < 4.78 is 100. The number of hydrogen-bond donors (Lipinski definition) is 24. The van der Waals surface area contributed by atoms with Crippen molar-refractivity contribution in [3.63, 3.8) is 0 Å². The molecule has 30 saturated heterocycles. The monoisotopic (exact) mass is 2160 g/mol. The van der Waals surface area contributed by atoms with Crippen molar-refractivity contribution in [1.29, 1.82) is 0 Å². The number of ether oxygens (including phenoxy) is 16. The molecule has 48 nitrogen and oxygen atoms in total. The summed E-state index contributed by atoms with van der Waals surface area (Å²) in [7, 11) is 0. The number of aliphatic hydroxyl groups excluding tert-OH is 16. The summed E-state index contributed by atoms with van der Waals surface area (Å²) in [6.45, 7) is 0. The van der Waals surface area contributed by atoms with Gasteiger partial charge in [-0.2, -0.15) is 94.1 Å². The first-order chi connectivity index (χ1) is 60.7. The minimum Gasteiger partial charge on any atom is -0.481 e. The minimum absolute atomic E-state index is 0. The van der Waals surface area contributed by atoms with Crippen molar-refractivity contribution in [3.8, 4) is 0 Å². The molecule has 0 aromatic heterocycles. The van der Waals surface area contributed by atoms with Gasteiger partial charge in [-0.05, 0) is 0 Å². The fraction of sp³-hybridized carbons (Fsp3) is 0.889. The van der Waals surface area contributed by atoms with Crippen LogP contribution in [0.3, 0.4) is 0 Å². The van der Waals surface area contributed by atoms with E-state index >= 15 is 0 Å². The van der Waals surface area contributed by atoms with Gasteiger partial charge in [-0.1, -0.05) is 0 Å². The second kappa shape index (κ2) is 67.6. The van der Waals surface area contributed by atoms with Gasteiger partial charge in [0.2, 0.25) is 0 Å². The molecule has 30 aliphatic heterocycles. The SMILES string of the molecule is O=C(O)CCSCC1OC2OC3C(CSCCC(=O)O)OC(OC4C(CSCCC(=O)O)OC(OC5C(CSCCC(=O)O)OC(OC6C(CSCCC(=O)O)OC(OC7C(CSCCC(=O)O)OC(OC8C(CSCCC(=O)O)OC(OC9C(CSCCC(=O)O)OC(OC1C(O)C2O)C(O)C9O)C(O)C8O)C(O)C7O)C(O)C6O)C(O)C5O)C(O)C4O)C(O)C3O.[Na].[Na].[Na].[Na].[Na].[Na].[Na]. The Bertz CT molecular complexity index is 2870. The normalized spacial score (nSPS) is 39.3. The van der Waals surface area contributed by atoms with E-state index in [1.807, 2.05) is 0 Å². The summed E-state index contributed by atoms with van der Waals surface area (Å²) in [6.07, 6.45) is -85.9. The third-order valence-corrected chi connectivity index (χ3v) is 29.9. The molecule has 0 saturated carbocycles. The van der Waals surface area contributed by atoms with E-state index in [9.17, 15) is 161 Å². The number of carboxylic acid groups (broad SMARTS) is 8. The predicted octanol–water partition coefficient (Wildman–Crippen LogP) is -10.3. The number of aliphatic carboxylic acids is 8. The van der Waals surface area contributed by atoms with E-state index in [0.717, 1.165) is 94.1 Å². The van der Waals surface area contributed by atoms with E-state index in [0.29, 0.717) is 0 Å². The van der Waals surface area contributed by atoms with E-state index in [4.69, 9.17) is 75.8 Å². The van der Waals surface area contributed by atoms with Gasteiger partial charge in [-0.3, -0.25) is 38.4 Å². The summed E-state index contributed by atoms with van der Waals surface area (Å²) >= 11 is 7.04. The van der Waals surface area contributed by atoms with Gasteiger partial charge in [0.25, 0.3) is 0 Å². The summed E-state index contributed by atoms with van der Waals surface area (Å²) in [5, 5.41) is 272. The number of aliphatic hydroxyl groups is 16. The van der Waals surface area contributed by atoms with Crippen LogP contribution in [0, 0.1) is 0 Å². The molecule has 0 spiro atoms. The standard InChI is InChI=1S/C72H112O48S8.7Na/c73-33(74)1-9-121-17-25-57-41(89)49(97)65(105-25)114-58-26(18-122-10-2-34(75)76)107-67(51(99)43(58)91)116-60-28(20-124-12-4-36(79)80)109-69(53(101)45(60)93)118-62-30(22-126-14-6-38(83)84)111-71(55(103)47(62)95)120-64-32(24-128-16-8-40(87)88)112-72(56(104)48(64)96)119-63-31(23-127-15-7-39(85)86)110-70(54(102)46(63)94)117-61-29(21-125-13-5-37(81)82)108-68(52(100)44(61)92)115-59-27(19-123-11-3-35(77)78)106-66(113-57)50(98)42(59)90;;;;;;;/h25-32,41-72,89-104H,1-24H2,(H,73,74)(H,75,76)(H,77,78)(H,79,80)(H,81,82)(H,83,84)(H,85,86)(H,87,88);;;;;;;. The number of thioether (sulfide) groups is 8. The molecular weight excluding hydrogens is 2050 g/mol. The number of hydrogen-bond acceptors (Lipinski definition) is 48. The van der Waals surface area contributed by atoms with Crippen molar-refractivity contribution in [2.75, 3.05) is 92.0 Å². The zero-order chi connectivity index (χ0) is 93.7. The maximum Gasteiger partial charge on any atom is 0.304 e. The molecule has 16 bridgehead atoms. The molecule has 0 aromatic carbocycles. The third kappa shape index (κ3) is 40.4. The first-order valence-electron chi connectivity index (χ1n) is 40.5. The molecular formula is C72H112Na7O48S8. The van der Waals surface area contributed by atoms with Crippen LogP contribution >= 0.6 is 94.1 Å². The van der Waals surface area contributed by atoms with Gasteiger partial charge in [0, 0.05) is 299 Å². The average molecular weight is 2160 g/mol. The first kappa shape index (κ1) is 135. The average Bonchev–Trinajstić information content (AvgIpc) is 0.767. The topological polar surface area (TPSA) is 770 Å². The van der Waals surface area contributed by atoms with Gasteiger partial charge in [0.05, 0.1) is 100 Å². The Kier molecular flexibility index (Phi) is 67.8. The fourth-order valence-electron chi connectivity index (χ4n) is 14.7. The molecule has 30 heterocycles. The molecule has 30 rings (SSSR count). The van der Waals surface area contributed by atoms with Gasteiger partial charge >= 0.3 is 47.8 Å². The largest absolute Gasteiger partial charge is 0.481 e. The Hall–Kier alpha value is 4.28. The molecule has 40 unspecified atom stereocenters. The minimum atomic E-state index is -2.33. The van der Waals surface area contributed by atoms with E-state index in [-0.39, 0.29) is 299 Å². The van der Waals surface area contributed by atoms with Gasteiger partial charge in [-0.25, -0.2) is 0 Å². The summed E-state index contributed by atoms with van der Waals surface area (Å²) in [4.78, 5) is 94.3. The van der Waals surface area contributed by atoms with E-state index < -0.39 is 345 Å². The van der Waals surface area contributed by atoms with Crippen molar-refractivity contribution in [2.24, 2.45) is 0 Å². The molecule has 7 radical (unpaired) electrons. The second-order valence-corrected chi connectivity index (χ2v) is 39.9. The molecule has 743 valence electrons. The van der Waals surface area contributed by atoms with Crippen molar-refractivity contribution < 1.29 is 237 Å². The smallest absolute Gasteiger partial charge is 0.304 e. The Morgan fingerprint density at radius 1 is 0.156 bits per heavy atom. The van der Waals surface area contributed by atoms with Crippen LogP contribution in [0.4, 0.5) is 0 Å². The van der Waals surface area contributed by atoms with E-state index in [1.54, 1.807) is 0 Å². The van der Waals surface area contributed by atoms with Crippen LogP contribution < -0.4 is 0 Å². The Labute approximate surface area is 962 Å². The zero-order valence-electron chi connectivity index (χ0n) is 74.9. The summed E-state index contributed by atoms with van der Waals surface area (Å²) in [5.74, 6) is -14.4. The maximum absolute atomic E-state index is 12.3. The molecule has 0 aromatic rings. The van der Waals surface area contributed by atoms with Crippen LogP contribution in [0.5, 0.6) is 0 Å². The number of carbonyl (C=O) groups is 8. The molecule has 24 N–H and O–H groups in total. The van der Waals surface area contributed by atoms with Crippen LogP contribution in [0.2, 0.25) is 0 Å². The molecule has 135 heavy (non-hydrogen) atoms. The van der Waals surface area contributed by atoms with Gasteiger partial charge in [0.1, 0.15) is 146 Å². The van der Waals surface area contributed by atoms with Crippen LogP contribution in [0.1, 0.15) is 51.4 Å². The molecule has 63 heteroatoms. The Morgan fingerprint density at radius 3 is 0.326 bits per heavy atom. The predicted molar refractivity (Wildman–Crippen MR) is 481 cm³/mol. The fourth-order valence-corrected chi connectivity index (χ4v) is 22.6. The summed E-state index contributed by atoms with van der Waals surface area (Å²) in [6, 6.07) is 0. The van der Waals surface area contributed by atoms with Gasteiger partial charge in [-0.15, -0.1) is 0 Å². The summed E-state index contributed by atoms with van der Waals surface area (Å²) in [5.41, 5.74) is 0. The maximum atomic E-state index is 12.3. The first-order valence-corrected chi connectivity index (χ1v) is 49.7. The number of rotatable bonds is 40. The van der Waals surface area contributed by atoms with Crippen molar-refractivity contribution in [3.05, 3.63) is 0 Å². The zero-order valence-corrected chi connectivity index (χ0v) is 95.4. The molecule has 0 aliphatic carbocycles. The van der Waals surface area contributed by atoms with Crippen molar-refractivity contribution in [2.45, 2.75) is 297 Å². The van der Waals surface area contributed by atoms with E-state index in [1.165, 1.54) is 0 Å². The molecule has 0 amide bonds. The molecule has 30 fully saturated rings. The van der Waals surface area contributed by atoms with Gasteiger partial charge < -0.3 is 198 Å². The molecule has 40 atom stereocenters. The van der Waals surface area contributed by atoms with Crippen molar-refractivity contribution in [1.82, 2.24) is 0 Å². The van der Waals surface area contributed by atoms with Gasteiger partial charge in [0.15, 0.2) is 50.3 Å². The quantitative estimate of drug-likeness (QED) is 0.0200. The number of carboxylic acids is 8. The Morgan fingerprint density at radius 2 is 0.244 bits per heavy atom. The Balaban J connectivity index is 0.00000881. The van der Waals surface area contributed by atoms with Crippen molar-refractivity contribution >= 4 is 349 Å². The van der Waals surface area contributed by atoms with Crippen LogP contribution in [0.25, 0.3) is 0 Å². The van der Waals surface area contributed by atoms with Crippen LogP contribution in [-0.2, 0) is 114 Å². The molecule has 30 aliphatic rings. The second-order valence-electron chi connectivity index (χ2n) is 30.7. The van der Waals surface area contributed by atoms with E-state index in [2.05, 4.69) is 0 Å². The van der Waals surface area contributed by atoms with Crippen LogP contribution in [-0.4, -0.2) is 715 Å².